The smallest absolute Gasteiger partial charge is 0.342 e. The lowest BCUT2D eigenvalue weighted by Crippen LogP contribution is -2.16. The van der Waals surface area contributed by atoms with Gasteiger partial charge in [-0.2, -0.15) is 0 Å². The number of carbonyl (C=O) groups is 2. The average molecular weight is 436 g/mol. The van der Waals surface area contributed by atoms with Gasteiger partial charge in [0, 0.05) is 6.07 Å². The molecule has 0 N–H and O–H groups in total. The zero-order chi connectivity index (χ0) is 22.8. The molecule has 0 saturated carbocycles. The molecule has 0 unspecified atom stereocenters. The second kappa shape index (κ2) is 11.4. The molecule has 3 aromatic rings. The monoisotopic (exact) mass is 436 g/mol. The van der Waals surface area contributed by atoms with E-state index in [0.717, 1.165) is 5.75 Å². The van der Waals surface area contributed by atoms with Crippen LogP contribution in [0.4, 0.5) is 0 Å². The first kappa shape index (κ1) is 22.7. The summed E-state index contributed by atoms with van der Waals surface area (Å²) in [6.07, 6.45) is 0. The quantitative estimate of drug-likeness (QED) is 0.253. The van der Waals surface area contributed by atoms with Crippen LogP contribution in [0.5, 0.6) is 23.0 Å². The summed E-state index contributed by atoms with van der Waals surface area (Å²) in [5, 5.41) is 0. The minimum Gasteiger partial charge on any atom is -0.497 e. The highest BCUT2D eigenvalue weighted by atomic mass is 16.5. The molecule has 3 aromatic carbocycles. The molecule has 166 valence electrons. The molecule has 0 aliphatic rings. The molecule has 0 aliphatic carbocycles. The van der Waals surface area contributed by atoms with Crippen LogP contribution in [0, 0.1) is 0 Å². The van der Waals surface area contributed by atoms with Crippen LogP contribution < -0.4 is 18.9 Å². The average Bonchev–Trinajstić information content (AvgIpc) is 2.85. The molecule has 0 amide bonds. The van der Waals surface area contributed by atoms with Crippen molar-refractivity contribution >= 4 is 11.8 Å². The fourth-order valence-electron chi connectivity index (χ4n) is 2.90. The molecule has 0 aliphatic heterocycles. The van der Waals surface area contributed by atoms with Crippen LogP contribution >= 0.6 is 0 Å². The fourth-order valence-corrected chi connectivity index (χ4v) is 2.90. The van der Waals surface area contributed by atoms with Crippen LogP contribution in [0.2, 0.25) is 0 Å². The Morgan fingerprint density at radius 2 is 1.41 bits per heavy atom. The van der Waals surface area contributed by atoms with Crippen molar-refractivity contribution in [2.45, 2.75) is 0 Å². The third-order valence-corrected chi connectivity index (χ3v) is 4.50. The third kappa shape index (κ3) is 6.01. The highest BCUT2D eigenvalue weighted by Crippen LogP contribution is 2.25. The Balaban J connectivity index is 1.57. The van der Waals surface area contributed by atoms with Crippen molar-refractivity contribution in [3.8, 4) is 23.0 Å². The van der Waals surface area contributed by atoms with Crippen LogP contribution in [-0.2, 0) is 4.74 Å². The Morgan fingerprint density at radius 1 is 0.688 bits per heavy atom. The Morgan fingerprint density at radius 3 is 2.16 bits per heavy atom. The summed E-state index contributed by atoms with van der Waals surface area (Å²) in [5.41, 5.74) is 0.519. The van der Waals surface area contributed by atoms with Gasteiger partial charge in [0.1, 0.15) is 41.8 Å². The number of hydrogen-bond acceptors (Lipinski definition) is 7. The lowest BCUT2D eigenvalue weighted by Gasteiger charge is -2.12. The maximum absolute atomic E-state index is 12.6. The molecule has 3 rings (SSSR count). The van der Waals surface area contributed by atoms with E-state index in [4.69, 9.17) is 23.7 Å². The standard InChI is InChI=1S/C25H24O7/c1-28-19-12-13-20(24(16-19)29-2)22(26)17-32-25(27)21-10-6-7-11-23(21)31-15-14-30-18-8-4-3-5-9-18/h3-13,16H,14-15,17H2,1-2H3. The molecular weight excluding hydrogens is 412 g/mol. The SMILES string of the molecule is COc1ccc(C(=O)COC(=O)c2ccccc2OCCOc2ccccc2)c(OC)c1. The van der Waals surface area contributed by atoms with Gasteiger partial charge in [0.25, 0.3) is 0 Å². The zero-order valence-electron chi connectivity index (χ0n) is 17.9. The van der Waals surface area contributed by atoms with Crippen molar-refractivity contribution in [1.29, 1.82) is 0 Å². The number of methoxy groups -OCH3 is 2. The number of ketones is 1. The van der Waals surface area contributed by atoms with Crippen molar-refractivity contribution in [1.82, 2.24) is 0 Å². The van der Waals surface area contributed by atoms with Gasteiger partial charge in [-0.1, -0.05) is 30.3 Å². The molecule has 0 spiro atoms. The van der Waals surface area contributed by atoms with Crippen molar-refractivity contribution in [2.75, 3.05) is 34.0 Å². The van der Waals surface area contributed by atoms with Gasteiger partial charge in [0.05, 0.1) is 19.8 Å². The molecule has 0 radical (unpaired) electrons. The van der Waals surface area contributed by atoms with Gasteiger partial charge in [-0.25, -0.2) is 4.79 Å². The molecule has 0 heterocycles. The fraction of sp³-hybridized carbons (Fsp3) is 0.200. The topological polar surface area (TPSA) is 80.3 Å². The van der Waals surface area contributed by atoms with Gasteiger partial charge < -0.3 is 23.7 Å². The normalized spacial score (nSPS) is 10.2. The van der Waals surface area contributed by atoms with E-state index in [0.29, 0.717) is 29.4 Å². The van der Waals surface area contributed by atoms with E-state index in [1.165, 1.54) is 14.2 Å². The summed E-state index contributed by atoms with van der Waals surface area (Å²) in [6, 6.07) is 20.8. The number of para-hydroxylation sites is 2. The number of rotatable bonds is 11. The maximum atomic E-state index is 12.6. The van der Waals surface area contributed by atoms with Crippen molar-refractivity contribution in [2.24, 2.45) is 0 Å². The van der Waals surface area contributed by atoms with Crippen LogP contribution in [0.3, 0.4) is 0 Å². The van der Waals surface area contributed by atoms with Gasteiger partial charge in [0.15, 0.2) is 6.61 Å². The first-order valence-corrected chi connectivity index (χ1v) is 9.94. The number of Topliss-reactive ketones (excluding diaryl/α,β-unsaturated/α-hetero) is 1. The maximum Gasteiger partial charge on any atom is 0.342 e. The minimum absolute atomic E-state index is 0.224. The largest absolute Gasteiger partial charge is 0.497 e. The predicted molar refractivity (Wildman–Crippen MR) is 118 cm³/mol. The zero-order valence-corrected chi connectivity index (χ0v) is 17.9. The van der Waals surface area contributed by atoms with E-state index >= 15 is 0 Å². The van der Waals surface area contributed by atoms with E-state index < -0.39 is 18.4 Å². The lowest BCUT2D eigenvalue weighted by molar-refractivity contribution is 0.0469. The third-order valence-electron chi connectivity index (χ3n) is 4.50. The number of carbonyl (C=O) groups excluding carboxylic acids is 2. The molecule has 0 fully saturated rings. The highest BCUT2D eigenvalue weighted by Gasteiger charge is 2.18. The van der Waals surface area contributed by atoms with Gasteiger partial charge in [-0.3, -0.25) is 4.79 Å². The first-order chi connectivity index (χ1) is 15.6. The molecule has 32 heavy (non-hydrogen) atoms. The summed E-state index contributed by atoms with van der Waals surface area (Å²) in [4.78, 5) is 25.1. The van der Waals surface area contributed by atoms with Gasteiger partial charge in [-0.15, -0.1) is 0 Å². The molecule has 0 saturated heterocycles. The summed E-state index contributed by atoms with van der Waals surface area (Å²) in [5.74, 6) is 0.920. The Labute approximate surface area is 186 Å². The highest BCUT2D eigenvalue weighted by molar-refractivity contribution is 6.02. The summed E-state index contributed by atoms with van der Waals surface area (Å²) in [6.45, 7) is 0.108. The minimum atomic E-state index is -0.662. The van der Waals surface area contributed by atoms with E-state index in [9.17, 15) is 9.59 Å². The van der Waals surface area contributed by atoms with Crippen LogP contribution in [-0.4, -0.2) is 45.8 Å². The van der Waals surface area contributed by atoms with E-state index in [1.54, 1.807) is 42.5 Å². The van der Waals surface area contributed by atoms with Gasteiger partial charge in [-0.05, 0) is 36.4 Å². The predicted octanol–water partition coefficient (Wildman–Crippen LogP) is 4.20. The Bertz CT molecular complexity index is 1050. The lowest BCUT2D eigenvalue weighted by atomic mass is 10.1. The molecule has 7 heteroatoms. The Hall–Kier alpha value is -4.00. The number of esters is 1. The number of ether oxygens (including phenoxy) is 5. The molecule has 0 aromatic heterocycles. The summed E-state index contributed by atoms with van der Waals surface area (Å²) < 4.78 is 26.9. The van der Waals surface area contributed by atoms with E-state index in [2.05, 4.69) is 0 Å². The molecule has 7 nitrogen and oxygen atoms in total. The van der Waals surface area contributed by atoms with Gasteiger partial charge >= 0.3 is 5.97 Å². The summed E-state index contributed by atoms with van der Waals surface area (Å²) in [7, 11) is 2.97. The molecular formula is C25H24O7. The number of hydrogen-bond donors (Lipinski definition) is 0. The van der Waals surface area contributed by atoms with Crippen LogP contribution in [0.25, 0.3) is 0 Å². The first-order valence-electron chi connectivity index (χ1n) is 9.94. The molecule has 0 atom stereocenters. The molecule has 0 bridgehead atoms. The van der Waals surface area contributed by atoms with Crippen LogP contribution in [0.1, 0.15) is 20.7 Å². The summed E-state index contributed by atoms with van der Waals surface area (Å²) >= 11 is 0. The van der Waals surface area contributed by atoms with Crippen molar-refractivity contribution in [3.05, 3.63) is 83.9 Å². The van der Waals surface area contributed by atoms with E-state index in [-0.39, 0.29) is 12.2 Å². The van der Waals surface area contributed by atoms with Gasteiger partial charge in [0.2, 0.25) is 5.78 Å². The number of benzene rings is 3. The second-order valence-electron chi connectivity index (χ2n) is 6.57. The van der Waals surface area contributed by atoms with Crippen molar-refractivity contribution in [3.63, 3.8) is 0 Å². The van der Waals surface area contributed by atoms with Crippen LogP contribution in [0.15, 0.2) is 72.8 Å². The van der Waals surface area contributed by atoms with Crippen molar-refractivity contribution < 1.29 is 33.3 Å². The Kier molecular flexibility index (Phi) is 8.09. The second-order valence-corrected chi connectivity index (χ2v) is 6.57. The van der Waals surface area contributed by atoms with E-state index in [1.807, 2.05) is 30.3 Å².